The number of amides is 1. The number of anilines is 1. The van der Waals surface area contributed by atoms with Crippen molar-refractivity contribution in [2.45, 2.75) is 17.9 Å². The number of rotatable bonds is 6. The highest BCUT2D eigenvalue weighted by atomic mass is 32.2. The van der Waals surface area contributed by atoms with Crippen LogP contribution in [0, 0.1) is 10.1 Å². The molecule has 2 N–H and O–H groups in total. The van der Waals surface area contributed by atoms with Crippen LogP contribution in [0.15, 0.2) is 71.6 Å². The molecule has 0 saturated carbocycles. The second kappa shape index (κ2) is 9.26. The van der Waals surface area contributed by atoms with E-state index in [1.54, 1.807) is 0 Å². The van der Waals surface area contributed by atoms with Crippen LogP contribution in [0.5, 0.6) is 0 Å². The number of carbonyl (C=O) groups excluding carboxylic acids is 1. The Morgan fingerprint density at radius 1 is 1.03 bits per heavy atom. The molecular weight excluding hydrogens is 444 g/mol. The Hall–Kier alpha value is -3.34. The summed E-state index contributed by atoms with van der Waals surface area (Å²) in [7, 11) is -4.00. The molecule has 33 heavy (non-hydrogen) atoms. The number of piperazine rings is 1. The number of para-hydroxylation sites is 1. The van der Waals surface area contributed by atoms with Gasteiger partial charge in [0, 0.05) is 11.8 Å². The van der Waals surface area contributed by atoms with Crippen molar-refractivity contribution in [3.63, 3.8) is 0 Å². The monoisotopic (exact) mass is 469 g/mol. The molecule has 0 aliphatic carbocycles. The van der Waals surface area contributed by atoms with E-state index in [0.29, 0.717) is 18.8 Å². The molecule has 1 atom stereocenters. The molecule has 1 heterocycles. The summed E-state index contributed by atoms with van der Waals surface area (Å²) < 4.78 is 27.3. The van der Waals surface area contributed by atoms with Gasteiger partial charge in [0.25, 0.3) is 11.6 Å². The summed E-state index contributed by atoms with van der Waals surface area (Å²) in [5.74, 6) is -0.143. The van der Waals surface area contributed by atoms with Crippen molar-refractivity contribution in [2.24, 2.45) is 0 Å². The lowest BCUT2D eigenvalue weighted by atomic mass is 10.1. The van der Waals surface area contributed by atoms with Gasteiger partial charge in [-0.1, -0.05) is 42.5 Å². The van der Waals surface area contributed by atoms with Gasteiger partial charge in [0.15, 0.2) is 10.9 Å². The maximum absolute atomic E-state index is 13.0. The van der Waals surface area contributed by atoms with E-state index in [1.807, 2.05) is 49.4 Å². The van der Waals surface area contributed by atoms with E-state index in [2.05, 4.69) is 5.32 Å². The number of fused-ring (bicyclic) bond motifs is 1. The third kappa shape index (κ3) is 4.72. The van der Waals surface area contributed by atoms with Gasteiger partial charge in [-0.3, -0.25) is 14.9 Å². The predicted molar refractivity (Wildman–Crippen MR) is 125 cm³/mol. The maximum atomic E-state index is 13.0. The van der Waals surface area contributed by atoms with Crippen molar-refractivity contribution in [1.29, 1.82) is 0 Å². The summed E-state index contributed by atoms with van der Waals surface area (Å²) in [4.78, 5) is 24.1. The Kier molecular flexibility index (Phi) is 6.41. The fourth-order valence-corrected chi connectivity index (χ4v) is 5.71. The minimum atomic E-state index is -4.00. The van der Waals surface area contributed by atoms with Gasteiger partial charge in [0.05, 0.1) is 31.1 Å². The fraction of sp³-hybridized carbons (Fsp3) is 0.261. The molecule has 0 unspecified atom stereocenters. The molecule has 3 aromatic carbocycles. The van der Waals surface area contributed by atoms with E-state index in [0.717, 1.165) is 15.7 Å². The number of hydrogen-bond donors (Lipinski definition) is 2. The summed E-state index contributed by atoms with van der Waals surface area (Å²) in [5.41, 5.74) is 0.276. The molecule has 9 nitrogen and oxygen atoms in total. The van der Waals surface area contributed by atoms with Crippen LogP contribution >= 0.6 is 0 Å². The van der Waals surface area contributed by atoms with Gasteiger partial charge in [-0.25, -0.2) is 8.42 Å². The first-order valence-corrected chi connectivity index (χ1v) is 12.1. The largest absolute Gasteiger partial charge is 0.323 e. The first-order valence-electron chi connectivity index (χ1n) is 10.6. The number of quaternary nitrogens is 1. The molecule has 3 aromatic rings. The Bertz CT molecular complexity index is 1300. The number of hydrogen-bond acceptors (Lipinski definition) is 5. The Labute approximate surface area is 191 Å². The van der Waals surface area contributed by atoms with Crippen molar-refractivity contribution in [2.75, 3.05) is 31.5 Å². The zero-order valence-corrected chi connectivity index (χ0v) is 18.9. The zero-order valence-electron chi connectivity index (χ0n) is 18.1. The van der Waals surface area contributed by atoms with Crippen molar-refractivity contribution in [3.8, 4) is 0 Å². The molecular formula is C23H25N4O5S+. The summed E-state index contributed by atoms with van der Waals surface area (Å²) in [6, 6.07) is 18.6. The quantitative estimate of drug-likeness (QED) is 0.421. The van der Waals surface area contributed by atoms with Crippen molar-refractivity contribution in [3.05, 3.63) is 76.8 Å². The zero-order chi connectivity index (χ0) is 23.6. The first kappa shape index (κ1) is 22.8. The average Bonchev–Trinajstić information content (AvgIpc) is 2.83. The number of benzene rings is 3. The van der Waals surface area contributed by atoms with Crippen LogP contribution in [0.2, 0.25) is 0 Å². The minimum absolute atomic E-state index is 0.143. The number of nitro benzene ring substituents is 1. The van der Waals surface area contributed by atoms with Crippen LogP contribution < -0.4 is 10.2 Å². The highest BCUT2D eigenvalue weighted by molar-refractivity contribution is 7.89. The molecule has 0 aromatic heterocycles. The van der Waals surface area contributed by atoms with Gasteiger partial charge in [0.2, 0.25) is 10.0 Å². The van der Waals surface area contributed by atoms with Gasteiger partial charge in [-0.2, -0.15) is 4.31 Å². The average molecular weight is 470 g/mol. The van der Waals surface area contributed by atoms with Gasteiger partial charge in [-0.05, 0) is 35.9 Å². The van der Waals surface area contributed by atoms with E-state index in [1.165, 1.54) is 28.6 Å². The number of nitrogens with one attached hydrogen (secondary N) is 2. The Morgan fingerprint density at radius 3 is 2.36 bits per heavy atom. The SMILES string of the molecule is C[C@H](C(=O)Nc1ccc2ccccc2c1)[NH+]1CCN(S(=O)(=O)c2ccccc2[N+](=O)[O-])CC1. The fourth-order valence-electron chi connectivity index (χ4n) is 4.11. The molecule has 10 heteroatoms. The molecule has 1 amide bonds. The lowest BCUT2D eigenvalue weighted by Gasteiger charge is -2.34. The lowest BCUT2D eigenvalue weighted by molar-refractivity contribution is -0.917. The highest BCUT2D eigenvalue weighted by Gasteiger charge is 2.37. The number of carbonyl (C=O) groups is 1. The van der Waals surface area contributed by atoms with Gasteiger partial charge in [0.1, 0.15) is 0 Å². The second-order valence-electron chi connectivity index (χ2n) is 8.06. The summed E-state index contributed by atoms with van der Waals surface area (Å²) in [6.45, 7) is 3.02. The van der Waals surface area contributed by atoms with Crippen molar-refractivity contribution in [1.82, 2.24) is 4.31 Å². The van der Waals surface area contributed by atoms with Crippen LogP contribution in [0.1, 0.15) is 6.92 Å². The van der Waals surface area contributed by atoms with Gasteiger partial charge < -0.3 is 10.2 Å². The first-order chi connectivity index (χ1) is 15.8. The predicted octanol–water partition coefficient (Wildman–Crippen LogP) is 1.66. The molecule has 0 radical (unpaired) electrons. The Balaban J connectivity index is 1.40. The summed E-state index contributed by atoms with van der Waals surface area (Å²) in [6.07, 6.45) is 0. The third-order valence-corrected chi connectivity index (χ3v) is 8.01. The van der Waals surface area contributed by atoms with E-state index < -0.39 is 20.6 Å². The maximum Gasteiger partial charge on any atom is 0.289 e. The summed E-state index contributed by atoms with van der Waals surface area (Å²) >= 11 is 0. The smallest absolute Gasteiger partial charge is 0.289 e. The minimum Gasteiger partial charge on any atom is -0.323 e. The van der Waals surface area contributed by atoms with Crippen LogP contribution in [0.25, 0.3) is 10.8 Å². The molecule has 1 fully saturated rings. The summed E-state index contributed by atoms with van der Waals surface area (Å²) in [5, 5.41) is 16.3. The van der Waals surface area contributed by atoms with Gasteiger partial charge >= 0.3 is 0 Å². The normalized spacial score (nSPS) is 16.4. The van der Waals surface area contributed by atoms with E-state index >= 15 is 0 Å². The molecule has 1 aliphatic rings. The van der Waals surface area contributed by atoms with E-state index in [4.69, 9.17) is 0 Å². The molecule has 0 bridgehead atoms. The van der Waals surface area contributed by atoms with E-state index in [-0.39, 0.29) is 29.9 Å². The van der Waals surface area contributed by atoms with Gasteiger partial charge in [-0.15, -0.1) is 0 Å². The van der Waals surface area contributed by atoms with Crippen molar-refractivity contribution >= 4 is 38.1 Å². The molecule has 4 rings (SSSR count). The van der Waals surface area contributed by atoms with Crippen LogP contribution in [-0.2, 0) is 14.8 Å². The highest BCUT2D eigenvalue weighted by Crippen LogP contribution is 2.26. The molecule has 1 aliphatic heterocycles. The van der Waals surface area contributed by atoms with Crippen LogP contribution in [0.3, 0.4) is 0 Å². The second-order valence-corrected chi connectivity index (χ2v) is 9.97. The molecule has 0 spiro atoms. The molecule has 1 saturated heterocycles. The van der Waals surface area contributed by atoms with Crippen molar-refractivity contribution < 1.29 is 23.0 Å². The molecule has 172 valence electrons. The number of nitrogens with zero attached hydrogens (tertiary/aromatic N) is 2. The number of nitro groups is 1. The lowest BCUT2D eigenvalue weighted by Crippen LogP contribution is -3.19. The van der Waals surface area contributed by atoms with E-state index in [9.17, 15) is 23.3 Å². The third-order valence-electron chi connectivity index (χ3n) is 6.07. The number of sulfonamides is 1. The van der Waals surface area contributed by atoms with Crippen LogP contribution in [0.4, 0.5) is 11.4 Å². The topological polar surface area (TPSA) is 114 Å². The van der Waals surface area contributed by atoms with Crippen LogP contribution in [-0.4, -0.2) is 55.8 Å². The standard InChI is InChI=1S/C23H24N4O5S/c1-17(23(28)24-20-11-10-18-6-2-3-7-19(18)16-20)25-12-14-26(15-13-25)33(31,32)22-9-5-4-8-21(22)27(29)30/h2-11,16-17H,12-15H2,1H3,(H,24,28)/p+1/t17-/m1/s1. The Morgan fingerprint density at radius 2 is 1.67 bits per heavy atom.